The minimum Gasteiger partial charge on any atom is -0.494 e. The highest BCUT2D eigenvalue weighted by molar-refractivity contribution is 7.70. The van der Waals surface area contributed by atoms with Crippen LogP contribution >= 0.6 is 7.14 Å². The number of ether oxygens (including phenoxy) is 2. The van der Waals surface area contributed by atoms with Gasteiger partial charge in [-0.25, -0.2) is 9.78 Å². The summed E-state index contributed by atoms with van der Waals surface area (Å²) in [4.78, 5) is 29.7. The van der Waals surface area contributed by atoms with Gasteiger partial charge in [-0.15, -0.1) is 0 Å². The molecule has 0 aliphatic heterocycles. The largest absolute Gasteiger partial charge is 0.494 e. The lowest BCUT2D eigenvalue weighted by Crippen LogP contribution is -2.23. The number of nitrogens with zero attached hydrogens (tertiary/aromatic N) is 4. The van der Waals surface area contributed by atoms with Gasteiger partial charge < -0.3 is 30.4 Å². The maximum Gasteiger partial charge on any atom is 0.323 e. The van der Waals surface area contributed by atoms with Gasteiger partial charge in [0, 0.05) is 30.1 Å². The number of carbonyl (C=O) groups is 1. The van der Waals surface area contributed by atoms with E-state index in [1.165, 1.54) is 19.5 Å². The lowest BCUT2D eigenvalue weighted by molar-refractivity contribution is 0.262. The molecule has 1 aromatic heterocycles. The Bertz CT molecular complexity index is 1770. The van der Waals surface area contributed by atoms with Crippen LogP contribution in [-0.2, 0) is 9.98 Å². The number of nitrogens with one attached hydrogen (secondary N) is 2. The van der Waals surface area contributed by atoms with E-state index in [-0.39, 0.29) is 23.1 Å². The van der Waals surface area contributed by atoms with Crippen LogP contribution in [0.4, 0.5) is 22.1 Å². The Hall–Kier alpha value is -4.76. The van der Waals surface area contributed by atoms with Gasteiger partial charge in [-0.2, -0.15) is 9.98 Å². The topological polar surface area (TPSA) is 153 Å². The Morgan fingerprint density at radius 3 is 2.37 bits per heavy atom. The van der Waals surface area contributed by atoms with Crippen molar-refractivity contribution in [3.05, 3.63) is 66.4 Å². The first-order valence-corrected chi connectivity index (χ1v) is 16.1. The third-order valence-electron chi connectivity index (χ3n) is 6.42. The predicted octanol–water partition coefficient (Wildman–Crippen LogP) is 6.31. The zero-order valence-corrected chi connectivity index (χ0v) is 26.2. The number of benzene rings is 3. The smallest absolute Gasteiger partial charge is 0.323 e. The first-order chi connectivity index (χ1) is 20.3. The van der Waals surface area contributed by atoms with Gasteiger partial charge in [-0.3, -0.25) is 4.99 Å². The molecule has 4 N–H and O–H groups in total. The molecule has 43 heavy (non-hydrogen) atoms. The summed E-state index contributed by atoms with van der Waals surface area (Å²) in [6, 6.07) is 15.9. The number of methoxy groups -OCH3 is 1. The van der Waals surface area contributed by atoms with Crippen LogP contribution in [0.3, 0.4) is 0 Å². The average molecular weight is 602 g/mol. The van der Waals surface area contributed by atoms with E-state index in [2.05, 4.69) is 51.4 Å². The van der Waals surface area contributed by atoms with E-state index >= 15 is 0 Å². The van der Waals surface area contributed by atoms with Crippen LogP contribution < -0.4 is 31.1 Å². The summed E-state index contributed by atoms with van der Waals surface area (Å²) in [5.41, 5.74) is 7.46. The fourth-order valence-corrected chi connectivity index (χ4v) is 5.48. The number of amidine groups is 1. The van der Waals surface area contributed by atoms with Crippen LogP contribution in [0.25, 0.3) is 10.8 Å². The molecule has 3 aromatic carbocycles. The van der Waals surface area contributed by atoms with Gasteiger partial charge in [-0.05, 0) is 48.6 Å². The van der Waals surface area contributed by atoms with Crippen molar-refractivity contribution in [2.24, 2.45) is 15.7 Å². The SMILES string of the molecule is CN=CC(N)=Nc1nccc(Oc2ccc(NC(=O)Nc3cc(C(C)(C)C)cc(P(C)(C)=O)c3OC)c3ccccc23)n1. The van der Waals surface area contributed by atoms with E-state index < -0.39 is 13.2 Å². The molecule has 0 fully saturated rings. The van der Waals surface area contributed by atoms with Crippen LogP contribution in [0.1, 0.15) is 26.3 Å². The number of hydrogen-bond acceptors (Lipinski definition) is 8. The molecule has 224 valence electrons. The molecule has 4 rings (SSSR count). The monoisotopic (exact) mass is 601 g/mol. The maximum absolute atomic E-state index is 13.3. The second kappa shape index (κ2) is 12.6. The second-order valence-electron chi connectivity index (χ2n) is 11.1. The molecule has 0 bridgehead atoms. The number of aromatic nitrogens is 2. The van der Waals surface area contributed by atoms with Crippen LogP contribution in [-0.4, -0.2) is 55.5 Å². The number of nitrogens with two attached hydrogens (primary N) is 1. The highest BCUT2D eigenvalue weighted by atomic mass is 31.2. The Morgan fingerprint density at radius 2 is 1.72 bits per heavy atom. The van der Waals surface area contributed by atoms with Gasteiger partial charge in [0.1, 0.15) is 18.7 Å². The Balaban J connectivity index is 1.64. The molecule has 1 heterocycles. The summed E-state index contributed by atoms with van der Waals surface area (Å²) in [6.45, 7) is 9.54. The Kier molecular flexibility index (Phi) is 9.16. The van der Waals surface area contributed by atoms with Crippen molar-refractivity contribution in [2.45, 2.75) is 26.2 Å². The summed E-state index contributed by atoms with van der Waals surface area (Å²) >= 11 is 0. The number of amides is 2. The lowest BCUT2D eigenvalue weighted by atomic mass is 9.86. The van der Waals surface area contributed by atoms with Gasteiger partial charge in [0.2, 0.25) is 5.88 Å². The number of rotatable bonds is 8. The van der Waals surface area contributed by atoms with Crippen LogP contribution in [0.5, 0.6) is 17.4 Å². The molecule has 4 aromatic rings. The van der Waals surface area contributed by atoms with E-state index in [0.29, 0.717) is 28.2 Å². The second-order valence-corrected chi connectivity index (χ2v) is 14.3. The van der Waals surface area contributed by atoms with Crippen molar-refractivity contribution >= 4 is 58.6 Å². The minimum atomic E-state index is -2.73. The van der Waals surface area contributed by atoms with E-state index in [1.54, 1.807) is 38.6 Å². The molecule has 0 aliphatic rings. The summed E-state index contributed by atoms with van der Waals surface area (Å²) < 4.78 is 24.9. The first kappa shape index (κ1) is 31.2. The highest BCUT2D eigenvalue weighted by Gasteiger charge is 2.26. The van der Waals surface area contributed by atoms with Gasteiger partial charge in [0.15, 0.2) is 5.75 Å². The molecule has 11 nitrogen and oxygen atoms in total. The normalized spacial score (nSPS) is 12.4. The fraction of sp³-hybridized carbons (Fsp3) is 0.258. The number of hydrogen-bond donors (Lipinski definition) is 3. The first-order valence-electron chi connectivity index (χ1n) is 13.4. The maximum atomic E-state index is 13.3. The number of carbonyl (C=O) groups excluding carboxylic acids is 1. The van der Waals surface area contributed by atoms with Gasteiger partial charge in [0.05, 0.1) is 30.0 Å². The zero-order chi connectivity index (χ0) is 31.4. The summed E-state index contributed by atoms with van der Waals surface area (Å²) in [5, 5.41) is 7.91. The number of aliphatic imine (C=N–C) groups is 2. The van der Waals surface area contributed by atoms with Crippen molar-refractivity contribution in [2.75, 3.05) is 38.1 Å². The molecule has 0 atom stereocenters. The molecule has 0 unspecified atom stereocenters. The Labute approximate surface area is 251 Å². The van der Waals surface area contributed by atoms with Gasteiger partial charge in [0.25, 0.3) is 5.95 Å². The van der Waals surface area contributed by atoms with Crippen LogP contribution in [0, 0.1) is 0 Å². The van der Waals surface area contributed by atoms with Crippen molar-refractivity contribution in [1.82, 2.24) is 9.97 Å². The molecule has 0 radical (unpaired) electrons. The molecule has 12 heteroatoms. The average Bonchev–Trinajstić information content (AvgIpc) is 2.93. The fourth-order valence-electron chi connectivity index (χ4n) is 4.33. The molecular formula is C31H36N7O4P. The molecule has 0 saturated heterocycles. The quantitative estimate of drug-likeness (QED) is 0.122. The van der Waals surface area contributed by atoms with E-state index in [9.17, 15) is 9.36 Å². The third-order valence-corrected chi connectivity index (χ3v) is 7.91. The third kappa shape index (κ3) is 7.55. The lowest BCUT2D eigenvalue weighted by Gasteiger charge is -2.25. The number of fused-ring (bicyclic) bond motifs is 1. The summed E-state index contributed by atoms with van der Waals surface area (Å²) in [5.74, 6) is 1.46. The standard InChI is InChI=1S/C31H36N7O4P/c1-31(2,3)19-16-23(28(41-5)25(17-19)43(6,7)40)36-30(39)35-22-12-13-24(21-11-9-8-10-20(21)22)42-27-14-15-34-29(38-27)37-26(32)18-33-4/h8-18H,1-7H3,(H2,35,36,39)(H2,32,34,37,38). The molecular weight excluding hydrogens is 565 g/mol. The minimum absolute atomic E-state index is 0.130. The van der Waals surface area contributed by atoms with Crippen molar-refractivity contribution < 1.29 is 18.8 Å². The molecule has 0 spiro atoms. The van der Waals surface area contributed by atoms with E-state index in [0.717, 1.165) is 16.3 Å². The van der Waals surface area contributed by atoms with Crippen LogP contribution in [0.15, 0.2) is 70.8 Å². The van der Waals surface area contributed by atoms with Crippen molar-refractivity contribution in [1.29, 1.82) is 0 Å². The molecule has 0 aliphatic carbocycles. The predicted molar refractivity (Wildman–Crippen MR) is 175 cm³/mol. The van der Waals surface area contributed by atoms with Gasteiger partial charge in [-0.1, -0.05) is 45.0 Å². The summed E-state index contributed by atoms with van der Waals surface area (Å²) in [6.07, 6.45) is 2.92. The highest BCUT2D eigenvalue weighted by Crippen LogP contribution is 2.43. The number of anilines is 2. The van der Waals surface area contributed by atoms with Crippen LogP contribution in [0.2, 0.25) is 0 Å². The number of urea groups is 1. The zero-order valence-electron chi connectivity index (χ0n) is 25.3. The molecule has 2 amide bonds. The van der Waals surface area contributed by atoms with Crippen molar-refractivity contribution in [3.63, 3.8) is 0 Å². The van der Waals surface area contributed by atoms with E-state index in [1.807, 2.05) is 36.4 Å². The van der Waals surface area contributed by atoms with Crippen molar-refractivity contribution in [3.8, 4) is 17.4 Å². The molecule has 0 saturated carbocycles. The van der Waals surface area contributed by atoms with Gasteiger partial charge >= 0.3 is 6.03 Å². The summed E-state index contributed by atoms with van der Waals surface area (Å²) in [7, 11) is 0.364. The Morgan fingerprint density at radius 1 is 1.02 bits per heavy atom. The van der Waals surface area contributed by atoms with E-state index in [4.69, 9.17) is 15.2 Å².